The van der Waals surface area contributed by atoms with E-state index < -0.39 is 0 Å². The molecule has 4 rings (SSSR count). The zero-order chi connectivity index (χ0) is 25.2. The third-order valence-corrected chi connectivity index (χ3v) is 7.48. The summed E-state index contributed by atoms with van der Waals surface area (Å²) in [7, 11) is 3.27. The molecule has 1 heterocycles. The second-order valence-electron chi connectivity index (χ2n) is 7.97. The highest BCUT2D eigenvalue weighted by Gasteiger charge is 2.11. The molecule has 190 valence electrons. The van der Waals surface area contributed by atoms with Crippen molar-refractivity contribution in [3.8, 4) is 22.1 Å². The largest absolute Gasteiger partial charge is 0.497 e. The van der Waals surface area contributed by atoms with Gasteiger partial charge in [-0.2, -0.15) is 11.8 Å². The van der Waals surface area contributed by atoms with Crippen LogP contribution >= 0.6 is 23.1 Å². The molecule has 0 spiro atoms. The Kier molecular flexibility index (Phi) is 9.80. The number of halogens is 1. The molecule has 0 aliphatic heterocycles. The van der Waals surface area contributed by atoms with Crippen molar-refractivity contribution in [2.45, 2.75) is 5.75 Å². The average molecular weight is 528 g/mol. The number of anilines is 1. The fourth-order valence-electron chi connectivity index (χ4n) is 3.53. The molecular formula is C27H30FN3O3S2. The van der Waals surface area contributed by atoms with Gasteiger partial charge in [-0.25, -0.2) is 9.37 Å². The Morgan fingerprint density at radius 2 is 1.83 bits per heavy atom. The van der Waals surface area contributed by atoms with Crippen molar-refractivity contribution in [3.05, 3.63) is 72.0 Å². The Hall–Kier alpha value is -2.85. The minimum atomic E-state index is -0.259. The fraction of sp³-hybridized carbons (Fsp3) is 0.296. The Morgan fingerprint density at radius 3 is 2.64 bits per heavy atom. The van der Waals surface area contributed by atoms with E-state index in [1.165, 1.54) is 29.0 Å². The second kappa shape index (κ2) is 13.5. The highest BCUT2D eigenvalue weighted by molar-refractivity contribution is 7.98. The number of ether oxygens (including phenoxy) is 3. The summed E-state index contributed by atoms with van der Waals surface area (Å²) in [5.41, 5.74) is 3.89. The van der Waals surface area contributed by atoms with Gasteiger partial charge in [0.1, 0.15) is 22.3 Å². The van der Waals surface area contributed by atoms with Gasteiger partial charge in [0.05, 0.1) is 23.0 Å². The number of rotatable bonds is 14. The SMILES string of the molecule is COCOc1cc(-c2nc3ccc(F)cc3s2)ccc1NCCNCCSCc1ccc(OC)cc1. The number of benzene rings is 3. The smallest absolute Gasteiger partial charge is 0.188 e. The van der Waals surface area contributed by atoms with Crippen LogP contribution in [0.5, 0.6) is 11.5 Å². The lowest BCUT2D eigenvalue weighted by molar-refractivity contribution is 0.0516. The Bertz CT molecular complexity index is 1250. The van der Waals surface area contributed by atoms with Crippen LogP contribution in [0, 0.1) is 5.82 Å². The van der Waals surface area contributed by atoms with E-state index in [9.17, 15) is 4.39 Å². The van der Waals surface area contributed by atoms with Gasteiger partial charge < -0.3 is 24.8 Å². The summed E-state index contributed by atoms with van der Waals surface area (Å²) < 4.78 is 30.5. The summed E-state index contributed by atoms with van der Waals surface area (Å²) >= 11 is 3.36. The van der Waals surface area contributed by atoms with Crippen LogP contribution in [0.15, 0.2) is 60.7 Å². The minimum Gasteiger partial charge on any atom is -0.497 e. The van der Waals surface area contributed by atoms with Crippen LogP contribution in [0.4, 0.5) is 10.1 Å². The first-order valence-electron chi connectivity index (χ1n) is 11.6. The maximum absolute atomic E-state index is 13.6. The number of fused-ring (bicyclic) bond motifs is 1. The van der Waals surface area contributed by atoms with Gasteiger partial charge in [-0.3, -0.25) is 0 Å². The molecule has 36 heavy (non-hydrogen) atoms. The van der Waals surface area contributed by atoms with Gasteiger partial charge in [0.15, 0.2) is 6.79 Å². The second-order valence-corrected chi connectivity index (χ2v) is 10.1. The summed E-state index contributed by atoms with van der Waals surface area (Å²) in [6.07, 6.45) is 0. The first kappa shape index (κ1) is 26.2. The summed E-state index contributed by atoms with van der Waals surface area (Å²) in [6.45, 7) is 2.67. The van der Waals surface area contributed by atoms with Crippen LogP contribution in [0.1, 0.15) is 5.56 Å². The number of nitrogens with one attached hydrogen (secondary N) is 2. The molecule has 0 amide bonds. The quantitative estimate of drug-likeness (QED) is 0.153. The predicted octanol–water partition coefficient (Wildman–Crippen LogP) is 6.03. The van der Waals surface area contributed by atoms with Crippen LogP contribution < -0.4 is 20.1 Å². The normalized spacial score (nSPS) is 11.1. The zero-order valence-electron chi connectivity index (χ0n) is 20.4. The third-order valence-electron chi connectivity index (χ3n) is 5.38. The van der Waals surface area contributed by atoms with E-state index in [1.54, 1.807) is 20.3 Å². The Balaban J connectivity index is 1.25. The van der Waals surface area contributed by atoms with Crippen molar-refractivity contribution in [2.24, 2.45) is 0 Å². The van der Waals surface area contributed by atoms with E-state index in [4.69, 9.17) is 14.2 Å². The minimum absolute atomic E-state index is 0.146. The van der Waals surface area contributed by atoms with Gasteiger partial charge in [-0.1, -0.05) is 12.1 Å². The lowest BCUT2D eigenvalue weighted by Crippen LogP contribution is -2.24. The molecule has 0 bridgehead atoms. The average Bonchev–Trinajstić information content (AvgIpc) is 3.33. The highest BCUT2D eigenvalue weighted by atomic mass is 32.2. The van der Waals surface area contributed by atoms with E-state index in [0.717, 1.165) is 63.4 Å². The number of hydrogen-bond donors (Lipinski definition) is 2. The Labute approximate surface area is 219 Å². The lowest BCUT2D eigenvalue weighted by Gasteiger charge is -2.14. The molecule has 0 saturated carbocycles. The fourth-order valence-corrected chi connectivity index (χ4v) is 5.38. The van der Waals surface area contributed by atoms with Crippen LogP contribution in [0.25, 0.3) is 20.8 Å². The summed E-state index contributed by atoms with van der Waals surface area (Å²) in [5.74, 6) is 3.34. The van der Waals surface area contributed by atoms with E-state index in [2.05, 4.69) is 27.8 Å². The standard InChI is InChI=1S/C27H30FN3O3S2/c1-32-18-34-25-15-20(27-31-24-10-6-21(28)16-26(24)36-27)5-9-23(25)30-12-11-29-13-14-35-17-19-3-7-22(33-2)8-4-19/h3-10,15-16,29-30H,11-14,17-18H2,1-2H3. The molecule has 0 unspecified atom stereocenters. The monoisotopic (exact) mass is 527 g/mol. The van der Waals surface area contributed by atoms with E-state index in [1.807, 2.05) is 42.1 Å². The van der Waals surface area contributed by atoms with Gasteiger partial charge in [0, 0.05) is 43.8 Å². The number of nitrogens with zero attached hydrogens (tertiary/aromatic N) is 1. The van der Waals surface area contributed by atoms with Crippen molar-refractivity contribution < 1.29 is 18.6 Å². The van der Waals surface area contributed by atoms with E-state index >= 15 is 0 Å². The highest BCUT2D eigenvalue weighted by Crippen LogP contribution is 2.35. The molecule has 3 aromatic carbocycles. The molecule has 0 aliphatic rings. The van der Waals surface area contributed by atoms with Crippen molar-refractivity contribution in [1.29, 1.82) is 0 Å². The molecule has 0 saturated heterocycles. The molecule has 6 nitrogen and oxygen atoms in total. The van der Waals surface area contributed by atoms with Crippen LogP contribution in [0.3, 0.4) is 0 Å². The third kappa shape index (κ3) is 7.33. The van der Waals surface area contributed by atoms with Crippen molar-refractivity contribution in [3.63, 3.8) is 0 Å². The first-order valence-corrected chi connectivity index (χ1v) is 13.6. The summed E-state index contributed by atoms with van der Waals surface area (Å²) in [4.78, 5) is 4.64. The number of thiazole rings is 1. The Morgan fingerprint density at radius 1 is 0.972 bits per heavy atom. The number of thioether (sulfide) groups is 1. The van der Waals surface area contributed by atoms with Crippen LogP contribution in [-0.4, -0.2) is 51.4 Å². The molecular weight excluding hydrogens is 497 g/mol. The van der Waals surface area contributed by atoms with Gasteiger partial charge >= 0.3 is 0 Å². The number of hydrogen-bond acceptors (Lipinski definition) is 8. The van der Waals surface area contributed by atoms with Crippen LogP contribution in [-0.2, 0) is 10.5 Å². The predicted molar refractivity (Wildman–Crippen MR) is 148 cm³/mol. The molecule has 0 radical (unpaired) electrons. The maximum Gasteiger partial charge on any atom is 0.188 e. The molecule has 0 fully saturated rings. The van der Waals surface area contributed by atoms with Crippen molar-refractivity contribution in [1.82, 2.24) is 10.3 Å². The molecule has 4 aromatic rings. The van der Waals surface area contributed by atoms with Crippen molar-refractivity contribution in [2.75, 3.05) is 51.7 Å². The number of methoxy groups -OCH3 is 2. The molecule has 9 heteroatoms. The van der Waals surface area contributed by atoms with Gasteiger partial charge in [0.2, 0.25) is 0 Å². The maximum atomic E-state index is 13.6. The molecule has 2 N–H and O–H groups in total. The first-order chi connectivity index (χ1) is 17.7. The van der Waals surface area contributed by atoms with Crippen LogP contribution in [0.2, 0.25) is 0 Å². The van der Waals surface area contributed by atoms with Gasteiger partial charge in [-0.15, -0.1) is 11.3 Å². The number of aromatic nitrogens is 1. The summed E-state index contributed by atoms with van der Waals surface area (Å²) in [5, 5.41) is 7.72. The lowest BCUT2D eigenvalue weighted by atomic mass is 10.2. The topological polar surface area (TPSA) is 64.6 Å². The van der Waals surface area contributed by atoms with Gasteiger partial charge in [-0.05, 0) is 54.1 Å². The van der Waals surface area contributed by atoms with E-state index in [0.29, 0.717) is 5.75 Å². The summed E-state index contributed by atoms with van der Waals surface area (Å²) in [6, 6.07) is 18.8. The van der Waals surface area contributed by atoms with Gasteiger partial charge in [0.25, 0.3) is 0 Å². The van der Waals surface area contributed by atoms with Crippen molar-refractivity contribution >= 4 is 39.0 Å². The van der Waals surface area contributed by atoms with E-state index in [-0.39, 0.29) is 12.6 Å². The molecule has 0 atom stereocenters. The zero-order valence-corrected chi connectivity index (χ0v) is 22.0. The molecule has 1 aromatic heterocycles. The molecule has 0 aliphatic carbocycles.